The Balaban J connectivity index is 1.39. The number of aryl methyl sites for hydroxylation is 2. The van der Waals surface area contributed by atoms with E-state index in [-0.39, 0.29) is 18.9 Å². The number of amides is 1. The van der Waals surface area contributed by atoms with Crippen molar-refractivity contribution in [1.82, 2.24) is 20.5 Å². The summed E-state index contributed by atoms with van der Waals surface area (Å²) in [5.74, 6) is 0.704. The number of carbonyl (C=O) groups excluding carboxylic acids is 1. The van der Waals surface area contributed by atoms with Crippen molar-refractivity contribution in [1.29, 1.82) is 5.26 Å². The normalized spacial score (nSPS) is 12.7. The number of benzene rings is 1. The summed E-state index contributed by atoms with van der Waals surface area (Å²) >= 11 is 1.66. The monoisotopic (exact) mass is 405 g/mol. The number of hydrogen-bond acceptors (Lipinski definition) is 7. The molecule has 1 aliphatic rings. The Bertz CT molecular complexity index is 1080. The van der Waals surface area contributed by atoms with Crippen molar-refractivity contribution >= 4 is 28.9 Å². The van der Waals surface area contributed by atoms with E-state index in [4.69, 9.17) is 14.7 Å². The lowest BCUT2D eigenvalue weighted by Gasteiger charge is -2.12. The highest BCUT2D eigenvalue weighted by Gasteiger charge is 2.18. The SMILES string of the molecule is N#CCNC(=O)CCc1nnc(Cc2nc3c(s2)C=C(c2ccccc2)CC3)o1. The molecule has 1 aromatic carbocycles. The Morgan fingerprint density at radius 2 is 2.03 bits per heavy atom. The summed E-state index contributed by atoms with van der Waals surface area (Å²) in [4.78, 5) is 17.5. The van der Waals surface area contributed by atoms with Gasteiger partial charge >= 0.3 is 0 Å². The zero-order chi connectivity index (χ0) is 20.1. The lowest BCUT2D eigenvalue weighted by atomic mass is 9.95. The Labute approximate surface area is 172 Å². The smallest absolute Gasteiger partial charge is 0.223 e. The van der Waals surface area contributed by atoms with Crippen molar-refractivity contribution in [2.24, 2.45) is 0 Å². The Kier molecular flexibility index (Phi) is 5.77. The van der Waals surface area contributed by atoms with Gasteiger partial charge in [0, 0.05) is 12.8 Å². The van der Waals surface area contributed by atoms with Crippen LogP contribution in [0, 0.1) is 11.3 Å². The quantitative estimate of drug-likeness (QED) is 0.605. The van der Waals surface area contributed by atoms with Crippen molar-refractivity contribution in [3.05, 3.63) is 63.3 Å². The van der Waals surface area contributed by atoms with Crippen LogP contribution < -0.4 is 5.32 Å². The first-order valence-corrected chi connectivity index (χ1v) is 10.2. The third kappa shape index (κ3) is 4.76. The summed E-state index contributed by atoms with van der Waals surface area (Å²) in [6.07, 6.45) is 5.19. The highest BCUT2D eigenvalue weighted by Crippen LogP contribution is 2.33. The lowest BCUT2D eigenvalue weighted by molar-refractivity contribution is -0.120. The van der Waals surface area contributed by atoms with Crippen LogP contribution in [0.4, 0.5) is 0 Å². The first kappa shape index (κ1) is 19.0. The van der Waals surface area contributed by atoms with Gasteiger partial charge in [0.15, 0.2) is 0 Å². The summed E-state index contributed by atoms with van der Waals surface area (Å²) in [7, 11) is 0. The van der Waals surface area contributed by atoms with Crippen molar-refractivity contribution in [2.75, 3.05) is 6.54 Å². The van der Waals surface area contributed by atoms with Gasteiger partial charge in [-0.05, 0) is 30.1 Å². The lowest BCUT2D eigenvalue weighted by Crippen LogP contribution is -2.23. The predicted octanol–water partition coefficient (Wildman–Crippen LogP) is 3.18. The third-order valence-electron chi connectivity index (χ3n) is 4.59. The molecule has 0 spiro atoms. The first-order valence-electron chi connectivity index (χ1n) is 9.41. The maximum Gasteiger partial charge on any atom is 0.223 e. The van der Waals surface area contributed by atoms with Gasteiger partial charge in [-0.1, -0.05) is 30.3 Å². The molecule has 2 heterocycles. The van der Waals surface area contributed by atoms with E-state index in [9.17, 15) is 4.79 Å². The minimum Gasteiger partial charge on any atom is -0.425 e. The van der Waals surface area contributed by atoms with Gasteiger partial charge in [0.2, 0.25) is 17.7 Å². The largest absolute Gasteiger partial charge is 0.425 e. The fraction of sp³-hybridized carbons (Fsp3) is 0.286. The fourth-order valence-corrected chi connectivity index (χ4v) is 4.25. The molecule has 0 aliphatic heterocycles. The van der Waals surface area contributed by atoms with E-state index in [2.05, 4.69) is 45.9 Å². The number of nitrogens with one attached hydrogen (secondary N) is 1. The molecule has 0 saturated heterocycles. The number of aromatic nitrogens is 3. The maximum atomic E-state index is 11.5. The number of nitriles is 1. The highest BCUT2D eigenvalue weighted by atomic mass is 32.1. The van der Waals surface area contributed by atoms with Crippen LogP contribution in [0.2, 0.25) is 0 Å². The second-order valence-electron chi connectivity index (χ2n) is 6.66. The van der Waals surface area contributed by atoms with Gasteiger partial charge < -0.3 is 9.73 Å². The molecule has 2 aromatic heterocycles. The van der Waals surface area contributed by atoms with Crippen molar-refractivity contribution in [2.45, 2.75) is 32.1 Å². The Hall–Kier alpha value is -3.31. The summed E-state index contributed by atoms with van der Waals surface area (Å²) in [6, 6.07) is 12.3. The van der Waals surface area contributed by atoms with Crippen LogP contribution in [-0.2, 0) is 24.1 Å². The average Bonchev–Trinajstić information content (AvgIpc) is 3.37. The Morgan fingerprint density at radius 3 is 2.86 bits per heavy atom. The number of nitrogens with zero attached hydrogens (tertiary/aromatic N) is 4. The molecule has 1 amide bonds. The summed E-state index contributed by atoms with van der Waals surface area (Å²) in [6.45, 7) is 0.00304. The molecule has 4 rings (SSSR count). The van der Waals surface area contributed by atoms with Crippen LogP contribution in [0.5, 0.6) is 0 Å². The number of fused-ring (bicyclic) bond motifs is 1. The van der Waals surface area contributed by atoms with Crippen LogP contribution in [0.15, 0.2) is 34.7 Å². The van der Waals surface area contributed by atoms with E-state index >= 15 is 0 Å². The van der Waals surface area contributed by atoms with Gasteiger partial charge in [0.25, 0.3) is 0 Å². The van der Waals surface area contributed by atoms with Gasteiger partial charge in [-0.2, -0.15) is 5.26 Å². The van der Waals surface area contributed by atoms with Crippen molar-refractivity contribution < 1.29 is 9.21 Å². The minimum absolute atomic E-state index is 0.00304. The number of carbonyl (C=O) groups is 1. The van der Waals surface area contributed by atoms with Gasteiger partial charge in [-0.15, -0.1) is 21.5 Å². The van der Waals surface area contributed by atoms with Gasteiger partial charge in [0.1, 0.15) is 11.6 Å². The second kappa shape index (κ2) is 8.80. The van der Waals surface area contributed by atoms with Gasteiger partial charge in [-0.3, -0.25) is 4.79 Å². The van der Waals surface area contributed by atoms with Crippen LogP contribution in [0.25, 0.3) is 11.6 Å². The topological polar surface area (TPSA) is 105 Å². The summed E-state index contributed by atoms with van der Waals surface area (Å²) in [5.41, 5.74) is 3.72. The van der Waals surface area contributed by atoms with E-state index < -0.39 is 0 Å². The molecular weight excluding hydrogens is 386 g/mol. The van der Waals surface area contributed by atoms with E-state index in [1.165, 1.54) is 16.0 Å². The average molecular weight is 405 g/mol. The Morgan fingerprint density at radius 1 is 1.21 bits per heavy atom. The van der Waals surface area contributed by atoms with Crippen LogP contribution in [0.1, 0.15) is 45.8 Å². The molecule has 1 N–H and O–H groups in total. The molecule has 1 aliphatic carbocycles. The second-order valence-corrected chi connectivity index (χ2v) is 7.77. The molecule has 0 atom stereocenters. The molecule has 29 heavy (non-hydrogen) atoms. The molecule has 0 unspecified atom stereocenters. The maximum absolute atomic E-state index is 11.5. The molecule has 0 radical (unpaired) electrons. The fourth-order valence-electron chi connectivity index (χ4n) is 3.18. The molecule has 0 fully saturated rings. The number of hydrogen-bond donors (Lipinski definition) is 1. The summed E-state index contributed by atoms with van der Waals surface area (Å²) in [5, 5.41) is 20.0. The molecule has 8 heteroatoms. The predicted molar refractivity (Wildman–Crippen MR) is 109 cm³/mol. The summed E-state index contributed by atoms with van der Waals surface area (Å²) < 4.78 is 5.65. The molecule has 0 bridgehead atoms. The standard InChI is InChI=1S/C21H19N5O2S/c22-10-11-23-18(27)8-9-19-25-26-20(28-19)13-21-24-16-7-6-15(12-17(16)29-21)14-4-2-1-3-5-14/h1-5,12H,6-9,11,13H2,(H,23,27). The van der Waals surface area contributed by atoms with E-state index in [1.54, 1.807) is 11.3 Å². The molecule has 146 valence electrons. The van der Waals surface area contributed by atoms with Gasteiger partial charge in [0.05, 0.1) is 23.1 Å². The number of rotatable bonds is 7. The van der Waals surface area contributed by atoms with E-state index in [0.717, 1.165) is 23.5 Å². The van der Waals surface area contributed by atoms with Crippen LogP contribution in [0.3, 0.4) is 0 Å². The van der Waals surface area contributed by atoms with Crippen LogP contribution >= 0.6 is 11.3 Å². The first-order chi connectivity index (χ1) is 14.2. The van der Waals surface area contributed by atoms with Crippen molar-refractivity contribution in [3.8, 4) is 6.07 Å². The van der Waals surface area contributed by atoms with Crippen molar-refractivity contribution in [3.63, 3.8) is 0 Å². The number of thiazole rings is 1. The zero-order valence-electron chi connectivity index (χ0n) is 15.7. The van der Waals surface area contributed by atoms with Crippen LogP contribution in [-0.4, -0.2) is 27.6 Å². The van der Waals surface area contributed by atoms with E-state index in [0.29, 0.717) is 24.6 Å². The third-order valence-corrected chi connectivity index (χ3v) is 5.64. The number of allylic oxidation sites excluding steroid dienone is 1. The molecule has 3 aromatic rings. The molecule has 0 saturated carbocycles. The zero-order valence-corrected chi connectivity index (χ0v) is 16.5. The minimum atomic E-state index is -0.208. The molecule has 7 nitrogen and oxygen atoms in total. The molecular formula is C21H19N5O2S. The highest BCUT2D eigenvalue weighted by molar-refractivity contribution is 7.12. The van der Waals surface area contributed by atoms with Gasteiger partial charge in [-0.25, -0.2) is 4.98 Å². The van der Waals surface area contributed by atoms with E-state index in [1.807, 2.05) is 12.1 Å².